The lowest BCUT2D eigenvalue weighted by Gasteiger charge is -2.16. The van der Waals surface area contributed by atoms with Gasteiger partial charge in [-0.1, -0.05) is 103 Å². The summed E-state index contributed by atoms with van der Waals surface area (Å²) < 4.78 is 0. The Morgan fingerprint density at radius 1 is 0.517 bits per heavy atom. The molecule has 0 saturated heterocycles. The van der Waals surface area contributed by atoms with Crippen LogP contribution in [-0.2, 0) is 0 Å². The molecule has 2 heteroatoms. The molecule has 0 bridgehead atoms. The summed E-state index contributed by atoms with van der Waals surface area (Å²) in [6, 6.07) is 33.5. The van der Waals surface area contributed by atoms with Gasteiger partial charge in [0.25, 0.3) is 0 Å². The Hall–Kier alpha value is -3.20. The van der Waals surface area contributed by atoms with Crippen LogP contribution in [0.2, 0.25) is 0 Å². The van der Waals surface area contributed by atoms with Crippen LogP contribution in [0.15, 0.2) is 103 Å². The summed E-state index contributed by atoms with van der Waals surface area (Å²) in [5.74, 6) is 0. The minimum Gasteiger partial charge on any atom is -0.384 e. The average Bonchev–Trinajstić information content (AvgIpc) is 2.79. The number of rotatable bonds is 5. The van der Waals surface area contributed by atoms with Crippen molar-refractivity contribution < 1.29 is 10.2 Å². The van der Waals surface area contributed by atoms with Gasteiger partial charge in [0.15, 0.2) is 0 Å². The maximum atomic E-state index is 10.7. The number of aliphatic hydroxyl groups excluding tert-OH is 2. The molecule has 4 rings (SSSR count). The van der Waals surface area contributed by atoms with Crippen molar-refractivity contribution >= 4 is 0 Å². The number of hydrogen-bond acceptors (Lipinski definition) is 2. The maximum Gasteiger partial charge on any atom is 0.104 e. The molecular weight excluding hydrogens is 356 g/mol. The summed E-state index contributed by atoms with van der Waals surface area (Å²) in [6.45, 7) is 2.03. The zero-order chi connectivity index (χ0) is 20.2. The van der Waals surface area contributed by atoms with E-state index in [4.69, 9.17) is 0 Å². The number of hydrogen-bond donors (Lipinski definition) is 2. The third kappa shape index (κ3) is 4.14. The highest BCUT2D eigenvalue weighted by atomic mass is 16.3. The number of aliphatic hydroxyl groups is 2. The van der Waals surface area contributed by atoms with Crippen molar-refractivity contribution in [2.45, 2.75) is 19.1 Å². The molecule has 0 amide bonds. The van der Waals surface area contributed by atoms with Crippen LogP contribution in [0.3, 0.4) is 0 Å². The molecule has 144 valence electrons. The quantitative estimate of drug-likeness (QED) is 0.458. The van der Waals surface area contributed by atoms with Crippen LogP contribution in [0.4, 0.5) is 0 Å². The normalized spacial score (nSPS) is 13.1. The van der Waals surface area contributed by atoms with E-state index in [0.29, 0.717) is 0 Å². The molecule has 2 atom stereocenters. The van der Waals surface area contributed by atoms with Crippen molar-refractivity contribution in [1.82, 2.24) is 0 Å². The lowest BCUT2D eigenvalue weighted by molar-refractivity contribution is 0.219. The maximum absolute atomic E-state index is 10.7. The van der Waals surface area contributed by atoms with E-state index >= 15 is 0 Å². The molecule has 4 aromatic rings. The molecular formula is C27H24O2. The number of benzene rings is 4. The van der Waals surface area contributed by atoms with Gasteiger partial charge in [0.05, 0.1) is 0 Å². The van der Waals surface area contributed by atoms with Crippen LogP contribution >= 0.6 is 0 Å². The summed E-state index contributed by atoms with van der Waals surface area (Å²) in [6.07, 6.45) is -1.26. The lowest BCUT2D eigenvalue weighted by Crippen LogP contribution is -2.02. The van der Waals surface area contributed by atoms with Crippen LogP contribution in [0.1, 0.15) is 40.0 Å². The molecule has 0 heterocycles. The largest absolute Gasteiger partial charge is 0.384 e. The Labute approximate surface area is 171 Å². The minimum absolute atomic E-state index is 0.629. The second kappa shape index (κ2) is 8.44. The molecule has 2 unspecified atom stereocenters. The predicted octanol–water partition coefficient (Wildman–Crippen LogP) is 5.83. The first-order valence-corrected chi connectivity index (χ1v) is 9.80. The van der Waals surface area contributed by atoms with Crippen LogP contribution in [0, 0.1) is 6.92 Å². The SMILES string of the molecule is Cc1cc(-c2ccc(C(O)c3ccccc3)cc2)ccc1C(O)c1ccccc1. The molecule has 0 radical (unpaired) electrons. The van der Waals surface area contributed by atoms with Crippen molar-refractivity contribution in [2.24, 2.45) is 0 Å². The highest BCUT2D eigenvalue weighted by Crippen LogP contribution is 2.30. The molecule has 0 aliphatic rings. The van der Waals surface area contributed by atoms with Gasteiger partial charge in [-0.2, -0.15) is 0 Å². The van der Waals surface area contributed by atoms with E-state index < -0.39 is 12.2 Å². The molecule has 0 spiro atoms. The van der Waals surface area contributed by atoms with Crippen molar-refractivity contribution in [3.63, 3.8) is 0 Å². The van der Waals surface area contributed by atoms with Crippen molar-refractivity contribution in [1.29, 1.82) is 0 Å². The van der Waals surface area contributed by atoms with E-state index in [1.54, 1.807) is 0 Å². The van der Waals surface area contributed by atoms with Crippen molar-refractivity contribution in [3.05, 3.63) is 131 Å². The van der Waals surface area contributed by atoms with Gasteiger partial charge in [-0.3, -0.25) is 0 Å². The molecule has 0 fully saturated rings. The first-order valence-electron chi connectivity index (χ1n) is 9.80. The van der Waals surface area contributed by atoms with Crippen molar-refractivity contribution in [3.8, 4) is 11.1 Å². The van der Waals surface area contributed by atoms with Gasteiger partial charge in [0.2, 0.25) is 0 Å². The first-order chi connectivity index (χ1) is 14.1. The Morgan fingerprint density at radius 2 is 1.00 bits per heavy atom. The van der Waals surface area contributed by atoms with E-state index in [0.717, 1.165) is 38.9 Å². The fourth-order valence-electron chi connectivity index (χ4n) is 3.66. The van der Waals surface area contributed by atoms with E-state index in [2.05, 4.69) is 6.07 Å². The Kier molecular flexibility index (Phi) is 5.57. The van der Waals surface area contributed by atoms with Gasteiger partial charge in [0, 0.05) is 0 Å². The Balaban J connectivity index is 1.57. The molecule has 0 aliphatic carbocycles. The minimum atomic E-state index is -0.631. The second-order valence-corrected chi connectivity index (χ2v) is 7.32. The summed E-state index contributed by atoms with van der Waals surface area (Å²) in [5, 5.41) is 21.3. The summed E-state index contributed by atoms with van der Waals surface area (Å²) in [5.41, 5.74) is 6.78. The van der Waals surface area contributed by atoms with Crippen LogP contribution in [0.25, 0.3) is 11.1 Å². The van der Waals surface area contributed by atoms with Gasteiger partial charge < -0.3 is 10.2 Å². The fraction of sp³-hybridized carbons (Fsp3) is 0.111. The summed E-state index contributed by atoms with van der Waals surface area (Å²) in [7, 11) is 0. The molecule has 4 aromatic carbocycles. The standard InChI is InChI=1S/C27H24O2/c1-19-18-24(16-17-25(19)27(29)22-10-6-3-7-11-22)20-12-14-23(15-13-20)26(28)21-8-4-2-5-9-21/h2-18,26-29H,1H3. The summed E-state index contributed by atoms with van der Waals surface area (Å²) in [4.78, 5) is 0. The van der Waals surface area contributed by atoms with E-state index in [9.17, 15) is 10.2 Å². The predicted molar refractivity (Wildman–Crippen MR) is 118 cm³/mol. The zero-order valence-corrected chi connectivity index (χ0v) is 16.4. The fourth-order valence-corrected chi connectivity index (χ4v) is 3.66. The molecule has 0 aromatic heterocycles. The second-order valence-electron chi connectivity index (χ2n) is 7.32. The van der Waals surface area contributed by atoms with E-state index in [1.807, 2.05) is 104 Å². The Bertz CT molecular complexity index is 1070. The van der Waals surface area contributed by atoms with Crippen LogP contribution in [-0.4, -0.2) is 10.2 Å². The number of aryl methyl sites for hydroxylation is 1. The smallest absolute Gasteiger partial charge is 0.104 e. The molecule has 0 aliphatic heterocycles. The van der Waals surface area contributed by atoms with Gasteiger partial charge in [-0.15, -0.1) is 0 Å². The molecule has 2 nitrogen and oxygen atoms in total. The van der Waals surface area contributed by atoms with Gasteiger partial charge in [-0.25, -0.2) is 0 Å². The molecule has 29 heavy (non-hydrogen) atoms. The van der Waals surface area contributed by atoms with Crippen LogP contribution < -0.4 is 0 Å². The van der Waals surface area contributed by atoms with Gasteiger partial charge in [-0.05, 0) is 45.9 Å². The van der Waals surface area contributed by atoms with Crippen molar-refractivity contribution in [2.75, 3.05) is 0 Å². The third-order valence-electron chi connectivity index (χ3n) is 5.35. The highest BCUT2D eigenvalue weighted by Gasteiger charge is 2.14. The van der Waals surface area contributed by atoms with E-state index in [1.165, 1.54) is 0 Å². The Morgan fingerprint density at radius 3 is 1.55 bits per heavy atom. The summed E-state index contributed by atoms with van der Waals surface area (Å²) >= 11 is 0. The highest BCUT2D eigenvalue weighted by molar-refractivity contribution is 5.65. The monoisotopic (exact) mass is 380 g/mol. The van der Waals surface area contributed by atoms with Gasteiger partial charge >= 0.3 is 0 Å². The lowest BCUT2D eigenvalue weighted by atomic mass is 9.93. The zero-order valence-electron chi connectivity index (χ0n) is 16.4. The molecule has 0 saturated carbocycles. The van der Waals surface area contributed by atoms with Crippen LogP contribution in [0.5, 0.6) is 0 Å². The molecule has 2 N–H and O–H groups in total. The first kappa shape index (κ1) is 19.1. The van der Waals surface area contributed by atoms with Gasteiger partial charge in [0.1, 0.15) is 12.2 Å². The average molecular weight is 380 g/mol. The van der Waals surface area contributed by atoms with E-state index in [-0.39, 0.29) is 0 Å². The topological polar surface area (TPSA) is 40.5 Å². The third-order valence-corrected chi connectivity index (χ3v) is 5.35.